The first-order chi connectivity index (χ1) is 18.8. The summed E-state index contributed by atoms with van der Waals surface area (Å²) in [6.45, 7) is 0. The van der Waals surface area contributed by atoms with E-state index in [0.29, 0.717) is 0 Å². The van der Waals surface area contributed by atoms with E-state index in [1.807, 2.05) is 6.07 Å². The number of benzene rings is 7. The highest BCUT2D eigenvalue weighted by Gasteiger charge is 2.15. The minimum Gasteiger partial charge on any atom is -0.227 e. The summed E-state index contributed by atoms with van der Waals surface area (Å²) in [4.78, 5) is 10.4. The number of rotatable bonds is 2. The Kier molecular flexibility index (Phi) is 4.55. The summed E-state index contributed by atoms with van der Waals surface area (Å²) in [5, 5.41) is 10.9. The van der Waals surface area contributed by atoms with Gasteiger partial charge in [0.05, 0.1) is 11.2 Å². The SMILES string of the molecule is c1ccc(-c2nc(-c3ccc4c5ccccc5c5ccccc5c4c3)nc3c2ccc2ccccc23)cc1. The molecule has 0 aliphatic rings. The van der Waals surface area contributed by atoms with Gasteiger partial charge in [0.2, 0.25) is 0 Å². The van der Waals surface area contributed by atoms with Crippen LogP contribution in [0.1, 0.15) is 0 Å². The third-order valence-electron chi connectivity index (χ3n) is 7.64. The van der Waals surface area contributed by atoms with Gasteiger partial charge in [0.1, 0.15) is 0 Å². The Bertz CT molecular complexity index is 2140. The molecule has 0 saturated carbocycles. The van der Waals surface area contributed by atoms with Gasteiger partial charge in [0.15, 0.2) is 5.82 Å². The van der Waals surface area contributed by atoms with Crippen molar-refractivity contribution in [3.63, 3.8) is 0 Å². The van der Waals surface area contributed by atoms with Crippen LogP contribution in [0.4, 0.5) is 0 Å². The molecule has 0 saturated heterocycles. The fraction of sp³-hybridized carbons (Fsp3) is 0. The summed E-state index contributed by atoms with van der Waals surface area (Å²) in [7, 11) is 0. The first-order valence-electron chi connectivity index (χ1n) is 12.9. The van der Waals surface area contributed by atoms with Crippen LogP contribution in [0.15, 0.2) is 133 Å². The van der Waals surface area contributed by atoms with Crippen molar-refractivity contribution in [2.45, 2.75) is 0 Å². The summed E-state index contributed by atoms with van der Waals surface area (Å²) in [5.41, 5.74) is 4.05. The van der Waals surface area contributed by atoms with E-state index in [0.717, 1.165) is 38.9 Å². The van der Waals surface area contributed by atoms with E-state index in [2.05, 4.69) is 127 Å². The monoisotopic (exact) mass is 482 g/mol. The maximum absolute atomic E-state index is 5.20. The van der Waals surface area contributed by atoms with Crippen molar-refractivity contribution in [1.82, 2.24) is 9.97 Å². The largest absolute Gasteiger partial charge is 0.227 e. The molecule has 8 rings (SSSR count). The van der Waals surface area contributed by atoms with Crippen LogP contribution in [0.5, 0.6) is 0 Å². The molecular formula is C36H22N2. The quantitative estimate of drug-likeness (QED) is 0.229. The summed E-state index contributed by atoms with van der Waals surface area (Å²) >= 11 is 0. The molecular weight excluding hydrogens is 460 g/mol. The Morgan fingerprint density at radius 3 is 1.61 bits per heavy atom. The standard InChI is InChI=1S/C36H22N2/c1-2-11-24(12-3-1)34-32-21-18-23-10-4-5-13-26(23)35(32)38-36(37-34)25-19-20-31-29-16-7-6-14-27(29)28-15-8-9-17-30(28)33(31)22-25/h1-22H. The molecule has 2 heteroatoms. The van der Waals surface area contributed by atoms with Crippen molar-refractivity contribution >= 4 is 54.0 Å². The Morgan fingerprint density at radius 1 is 0.342 bits per heavy atom. The van der Waals surface area contributed by atoms with Crippen LogP contribution in [-0.4, -0.2) is 9.97 Å². The van der Waals surface area contributed by atoms with Crippen molar-refractivity contribution in [3.05, 3.63) is 133 Å². The number of aromatic nitrogens is 2. The lowest BCUT2D eigenvalue weighted by molar-refractivity contribution is 1.24. The van der Waals surface area contributed by atoms with Gasteiger partial charge in [0, 0.05) is 21.9 Å². The maximum atomic E-state index is 5.20. The zero-order valence-electron chi connectivity index (χ0n) is 20.6. The van der Waals surface area contributed by atoms with Crippen molar-refractivity contribution < 1.29 is 0 Å². The smallest absolute Gasteiger partial charge is 0.160 e. The van der Waals surface area contributed by atoms with Gasteiger partial charge < -0.3 is 0 Å². The molecule has 0 spiro atoms. The number of fused-ring (bicyclic) bond motifs is 9. The minimum atomic E-state index is 0.742. The average Bonchev–Trinajstić information content (AvgIpc) is 3.01. The van der Waals surface area contributed by atoms with Gasteiger partial charge in [0.25, 0.3) is 0 Å². The molecule has 0 aliphatic carbocycles. The van der Waals surface area contributed by atoms with E-state index >= 15 is 0 Å². The molecule has 0 fully saturated rings. The minimum absolute atomic E-state index is 0.742. The Hall–Kier alpha value is -5.08. The van der Waals surface area contributed by atoms with Gasteiger partial charge in [-0.3, -0.25) is 0 Å². The molecule has 0 amide bonds. The van der Waals surface area contributed by atoms with E-state index in [1.165, 1.54) is 37.7 Å². The third-order valence-corrected chi connectivity index (χ3v) is 7.64. The Balaban J connectivity index is 1.47. The van der Waals surface area contributed by atoms with E-state index in [1.54, 1.807) is 0 Å². The molecule has 0 bridgehead atoms. The zero-order valence-corrected chi connectivity index (χ0v) is 20.6. The van der Waals surface area contributed by atoms with E-state index in [9.17, 15) is 0 Å². The Labute approximate surface area is 219 Å². The Morgan fingerprint density at radius 2 is 0.895 bits per heavy atom. The summed E-state index contributed by atoms with van der Waals surface area (Å²) < 4.78 is 0. The van der Waals surface area contributed by atoms with Crippen molar-refractivity contribution in [1.29, 1.82) is 0 Å². The predicted molar refractivity (Wildman–Crippen MR) is 160 cm³/mol. The van der Waals surface area contributed by atoms with Gasteiger partial charge in [-0.05, 0) is 49.8 Å². The summed E-state index contributed by atoms with van der Waals surface area (Å²) in [6, 6.07) is 47.2. The fourth-order valence-electron chi connectivity index (χ4n) is 5.86. The van der Waals surface area contributed by atoms with Gasteiger partial charge in [-0.1, -0.05) is 121 Å². The highest BCUT2D eigenvalue weighted by Crippen LogP contribution is 2.38. The number of hydrogen-bond acceptors (Lipinski definition) is 2. The van der Waals surface area contributed by atoms with Crippen molar-refractivity contribution in [2.75, 3.05) is 0 Å². The van der Waals surface area contributed by atoms with Crippen LogP contribution in [0.25, 0.3) is 76.6 Å². The summed E-state index contributed by atoms with van der Waals surface area (Å²) in [6.07, 6.45) is 0. The molecule has 0 aliphatic heterocycles. The highest BCUT2D eigenvalue weighted by molar-refractivity contribution is 6.25. The van der Waals surface area contributed by atoms with Crippen molar-refractivity contribution in [2.24, 2.45) is 0 Å². The van der Waals surface area contributed by atoms with Crippen LogP contribution in [0.2, 0.25) is 0 Å². The lowest BCUT2D eigenvalue weighted by Crippen LogP contribution is -1.96. The molecule has 8 aromatic rings. The average molecular weight is 483 g/mol. The highest BCUT2D eigenvalue weighted by atomic mass is 14.9. The second-order valence-electron chi connectivity index (χ2n) is 9.80. The van der Waals surface area contributed by atoms with Crippen LogP contribution in [0.3, 0.4) is 0 Å². The molecule has 176 valence electrons. The molecule has 38 heavy (non-hydrogen) atoms. The topological polar surface area (TPSA) is 25.8 Å². The van der Waals surface area contributed by atoms with Crippen LogP contribution in [0, 0.1) is 0 Å². The normalized spacial score (nSPS) is 11.7. The van der Waals surface area contributed by atoms with E-state index < -0.39 is 0 Å². The number of nitrogens with zero attached hydrogens (tertiary/aromatic N) is 2. The first kappa shape index (κ1) is 21.0. The van der Waals surface area contributed by atoms with Gasteiger partial charge in [-0.25, -0.2) is 9.97 Å². The van der Waals surface area contributed by atoms with Gasteiger partial charge >= 0.3 is 0 Å². The first-order valence-corrected chi connectivity index (χ1v) is 12.9. The van der Waals surface area contributed by atoms with Crippen LogP contribution in [-0.2, 0) is 0 Å². The second kappa shape index (κ2) is 8.22. The number of hydrogen-bond donors (Lipinski definition) is 0. The lowest BCUT2D eigenvalue weighted by atomic mass is 9.93. The van der Waals surface area contributed by atoms with E-state index in [-0.39, 0.29) is 0 Å². The molecule has 0 atom stereocenters. The van der Waals surface area contributed by atoms with Gasteiger partial charge in [-0.15, -0.1) is 0 Å². The summed E-state index contributed by atoms with van der Waals surface area (Å²) in [5.74, 6) is 0.742. The lowest BCUT2D eigenvalue weighted by Gasteiger charge is -2.13. The molecule has 0 N–H and O–H groups in total. The van der Waals surface area contributed by atoms with Gasteiger partial charge in [-0.2, -0.15) is 0 Å². The predicted octanol–water partition coefficient (Wildman–Crippen LogP) is 9.58. The second-order valence-corrected chi connectivity index (χ2v) is 9.80. The maximum Gasteiger partial charge on any atom is 0.160 e. The van der Waals surface area contributed by atoms with Crippen LogP contribution >= 0.6 is 0 Å². The van der Waals surface area contributed by atoms with Crippen LogP contribution < -0.4 is 0 Å². The molecule has 0 radical (unpaired) electrons. The molecule has 7 aromatic carbocycles. The zero-order chi connectivity index (χ0) is 25.1. The van der Waals surface area contributed by atoms with Crippen molar-refractivity contribution in [3.8, 4) is 22.6 Å². The molecule has 0 unspecified atom stereocenters. The molecule has 2 nitrogen and oxygen atoms in total. The fourth-order valence-corrected chi connectivity index (χ4v) is 5.86. The van der Waals surface area contributed by atoms with E-state index in [4.69, 9.17) is 9.97 Å². The third kappa shape index (κ3) is 3.14. The molecule has 1 heterocycles. The molecule has 1 aromatic heterocycles.